The first-order chi connectivity index (χ1) is 8.25. The van der Waals surface area contributed by atoms with E-state index in [1.54, 1.807) is 0 Å². The van der Waals surface area contributed by atoms with Crippen LogP contribution in [0.25, 0.3) is 0 Å². The van der Waals surface area contributed by atoms with E-state index in [0.29, 0.717) is 5.92 Å². The van der Waals surface area contributed by atoms with E-state index in [4.69, 9.17) is 5.73 Å². The number of nitrogens with zero attached hydrogens (tertiary/aromatic N) is 2. The Labute approximate surface area is 100 Å². The van der Waals surface area contributed by atoms with Crippen LogP contribution in [-0.2, 0) is 0 Å². The molecule has 4 heteroatoms. The molecule has 0 aromatic heterocycles. The van der Waals surface area contributed by atoms with E-state index >= 15 is 0 Å². The van der Waals surface area contributed by atoms with E-state index in [-0.39, 0.29) is 6.04 Å². The molecule has 0 radical (unpaired) electrons. The smallest absolute Gasteiger partial charge is 0.335 e. The normalized spacial score (nSPS) is 23.6. The second kappa shape index (κ2) is 3.87. The second-order valence-corrected chi connectivity index (χ2v) is 4.68. The number of carbonyl (C=O) groups is 1. The van der Waals surface area contributed by atoms with Gasteiger partial charge in [-0.2, -0.15) is 5.10 Å². The Morgan fingerprint density at radius 2 is 2.00 bits per heavy atom. The third-order valence-electron chi connectivity index (χ3n) is 3.39. The summed E-state index contributed by atoms with van der Waals surface area (Å²) < 4.78 is 0. The molecule has 1 fully saturated rings. The van der Waals surface area contributed by atoms with Crippen molar-refractivity contribution in [3.05, 3.63) is 35.9 Å². The molecule has 1 saturated carbocycles. The summed E-state index contributed by atoms with van der Waals surface area (Å²) in [6.07, 6.45) is 3.23. The van der Waals surface area contributed by atoms with Crippen molar-refractivity contribution in [1.29, 1.82) is 0 Å². The first-order valence-corrected chi connectivity index (χ1v) is 5.96. The van der Waals surface area contributed by atoms with Crippen LogP contribution in [0.15, 0.2) is 35.4 Å². The molecule has 0 bridgehead atoms. The highest BCUT2D eigenvalue weighted by molar-refractivity contribution is 5.92. The molecule has 4 nitrogen and oxygen atoms in total. The van der Waals surface area contributed by atoms with Crippen molar-refractivity contribution in [2.24, 2.45) is 16.8 Å². The number of hydrazone groups is 1. The molecule has 88 valence electrons. The van der Waals surface area contributed by atoms with Gasteiger partial charge in [0.2, 0.25) is 0 Å². The van der Waals surface area contributed by atoms with Crippen LogP contribution in [-0.4, -0.2) is 16.8 Å². The molecule has 0 saturated heterocycles. The second-order valence-electron chi connectivity index (χ2n) is 4.68. The van der Waals surface area contributed by atoms with E-state index < -0.39 is 6.03 Å². The predicted octanol–water partition coefficient (Wildman–Crippen LogP) is 2.28. The summed E-state index contributed by atoms with van der Waals surface area (Å²) in [5.74, 6) is 0.588. The Bertz CT molecular complexity index is 465. The average molecular weight is 229 g/mol. The Hall–Kier alpha value is -1.84. The molecule has 2 aliphatic rings. The Morgan fingerprint density at radius 1 is 1.29 bits per heavy atom. The number of urea groups is 1. The molecule has 1 heterocycles. The fourth-order valence-electron chi connectivity index (χ4n) is 2.34. The molecule has 1 atom stereocenters. The van der Waals surface area contributed by atoms with Crippen molar-refractivity contribution in [2.45, 2.75) is 25.3 Å². The molecule has 1 aliphatic carbocycles. The Morgan fingerprint density at radius 3 is 2.59 bits per heavy atom. The number of nitrogens with two attached hydrogens (primary N) is 1. The van der Waals surface area contributed by atoms with Crippen LogP contribution in [0.1, 0.15) is 30.9 Å². The highest BCUT2D eigenvalue weighted by atomic mass is 16.2. The highest BCUT2D eigenvalue weighted by Crippen LogP contribution is 2.40. The Balaban J connectivity index is 1.88. The molecular formula is C13H15N3O. The number of hydrogen-bond donors (Lipinski definition) is 1. The molecule has 1 aromatic rings. The minimum Gasteiger partial charge on any atom is -0.350 e. The van der Waals surface area contributed by atoms with Crippen LogP contribution >= 0.6 is 0 Å². The third-order valence-corrected chi connectivity index (χ3v) is 3.39. The summed E-state index contributed by atoms with van der Waals surface area (Å²) in [6.45, 7) is 0. The standard InChI is InChI=1S/C13H15N3O/c14-13(17)16-12(10-4-2-1-3-5-10)8-11(15-16)9-6-7-9/h1-5,9,12H,6-8H2,(H2,14,17). The van der Waals surface area contributed by atoms with Gasteiger partial charge in [0, 0.05) is 12.1 Å². The lowest BCUT2D eigenvalue weighted by Gasteiger charge is -2.19. The predicted molar refractivity (Wildman–Crippen MR) is 65.4 cm³/mol. The molecule has 2 N–H and O–H groups in total. The van der Waals surface area contributed by atoms with Gasteiger partial charge in [-0.05, 0) is 24.3 Å². The zero-order valence-electron chi connectivity index (χ0n) is 9.54. The maximum absolute atomic E-state index is 11.4. The van der Waals surface area contributed by atoms with E-state index in [0.717, 1.165) is 17.7 Å². The lowest BCUT2D eigenvalue weighted by Crippen LogP contribution is -2.31. The van der Waals surface area contributed by atoms with Crippen molar-refractivity contribution in [3.8, 4) is 0 Å². The first kappa shape index (κ1) is 10.3. The Kier molecular flexibility index (Phi) is 2.35. The van der Waals surface area contributed by atoms with Crippen LogP contribution in [0.5, 0.6) is 0 Å². The first-order valence-electron chi connectivity index (χ1n) is 5.96. The SMILES string of the molecule is NC(=O)N1N=C(C2CC2)CC1c1ccccc1. The van der Waals surface area contributed by atoms with E-state index in [9.17, 15) is 4.79 Å². The van der Waals surface area contributed by atoms with Crippen molar-refractivity contribution in [3.63, 3.8) is 0 Å². The zero-order chi connectivity index (χ0) is 11.8. The van der Waals surface area contributed by atoms with Crippen LogP contribution < -0.4 is 5.73 Å². The number of primary amides is 1. The summed E-state index contributed by atoms with van der Waals surface area (Å²) in [5.41, 5.74) is 7.63. The number of amides is 2. The van der Waals surface area contributed by atoms with Gasteiger partial charge in [0.1, 0.15) is 0 Å². The van der Waals surface area contributed by atoms with Gasteiger partial charge in [-0.15, -0.1) is 0 Å². The summed E-state index contributed by atoms with van der Waals surface area (Å²) in [5, 5.41) is 5.82. The molecular weight excluding hydrogens is 214 g/mol. The monoisotopic (exact) mass is 229 g/mol. The molecule has 1 aromatic carbocycles. The lowest BCUT2D eigenvalue weighted by molar-refractivity contribution is 0.196. The number of rotatable bonds is 2. The molecule has 2 amide bonds. The quantitative estimate of drug-likeness (QED) is 0.831. The van der Waals surface area contributed by atoms with Gasteiger partial charge >= 0.3 is 6.03 Å². The van der Waals surface area contributed by atoms with Crippen molar-refractivity contribution >= 4 is 11.7 Å². The third kappa shape index (κ3) is 1.90. The molecule has 0 spiro atoms. The van der Waals surface area contributed by atoms with Gasteiger partial charge in [-0.25, -0.2) is 9.80 Å². The minimum absolute atomic E-state index is 0.00991. The van der Waals surface area contributed by atoms with Crippen molar-refractivity contribution < 1.29 is 4.79 Å². The summed E-state index contributed by atoms with van der Waals surface area (Å²) in [6, 6.07) is 9.49. The number of carbonyl (C=O) groups excluding carboxylic acids is 1. The summed E-state index contributed by atoms with van der Waals surface area (Å²) in [7, 11) is 0. The van der Waals surface area contributed by atoms with Gasteiger partial charge in [0.05, 0.1) is 6.04 Å². The van der Waals surface area contributed by atoms with Crippen molar-refractivity contribution in [1.82, 2.24) is 5.01 Å². The number of benzene rings is 1. The molecule has 1 unspecified atom stereocenters. The van der Waals surface area contributed by atoms with Crippen LogP contribution in [0, 0.1) is 5.92 Å². The summed E-state index contributed by atoms with van der Waals surface area (Å²) in [4.78, 5) is 11.4. The van der Waals surface area contributed by atoms with E-state index in [1.165, 1.54) is 17.9 Å². The van der Waals surface area contributed by atoms with E-state index in [2.05, 4.69) is 5.10 Å². The number of hydrogen-bond acceptors (Lipinski definition) is 2. The van der Waals surface area contributed by atoms with E-state index in [1.807, 2.05) is 30.3 Å². The maximum atomic E-state index is 11.4. The lowest BCUT2D eigenvalue weighted by atomic mass is 10.0. The maximum Gasteiger partial charge on any atom is 0.335 e. The fourth-order valence-corrected chi connectivity index (χ4v) is 2.34. The molecule has 3 rings (SSSR count). The van der Waals surface area contributed by atoms with Gasteiger partial charge in [0.25, 0.3) is 0 Å². The topological polar surface area (TPSA) is 58.7 Å². The molecule has 1 aliphatic heterocycles. The fraction of sp³-hybridized carbons (Fsp3) is 0.385. The minimum atomic E-state index is -0.463. The van der Waals surface area contributed by atoms with Crippen LogP contribution in [0.2, 0.25) is 0 Å². The van der Waals surface area contributed by atoms with Crippen molar-refractivity contribution in [2.75, 3.05) is 0 Å². The largest absolute Gasteiger partial charge is 0.350 e. The van der Waals surface area contributed by atoms with Gasteiger partial charge in [-0.3, -0.25) is 0 Å². The average Bonchev–Trinajstić information content (AvgIpc) is 3.09. The highest BCUT2D eigenvalue weighted by Gasteiger charge is 2.38. The van der Waals surface area contributed by atoms with Crippen LogP contribution in [0.4, 0.5) is 4.79 Å². The van der Waals surface area contributed by atoms with Crippen LogP contribution in [0.3, 0.4) is 0 Å². The molecule has 17 heavy (non-hydrogen) atoms. The van der Waals surface area contributed by atoms with Gasteiger partial charge < -0.3 is 5.73 Å². The summed E-state index contributed by atoms with van der Waals surface area (Å²) >= 11 is 0. The zero-order valence-corrected chi connectivity index (χ0v) is 9.54. The van der Waals surface area contributed by atoms with Gasteiger partial charge in [-0.1, -0.05) is 30.3 Å². The van der Waals surface area contributed by atoms with Gasteiger partial charge in [0.15, 0.2) is 0 Å².